The molecule has 4 aromatic heterocycles. The first-order chi connectivity index (χ1) is 40.7. The van der Waals surface area contributed by atoms with Crippen LogP contribution < -0.4 is 30.7 Å². The summed E-state index contributed by atoms with van der Waals surface area (Å²) >= 11 is 3.47. The van der Waals surface area contributed by atoms with Gasteiger partial charge in [-0.1, -0.05) is 83.2 Å². The van der Waals surface area contributed by atoms with Crippen molar-refractivity contribution in [1.82, 2.24) is 45.2 Å². The van der Waals surface area contributed by atoms with Crippen molar-refractivity contribution < 1.29 is 54.7 Å². The van der Waals surface area contributed by atoms with Gasteiger partial charge in [0.15, 0.2) is 15.1 Å². The molecule has 0 unspecified atom stereocenters. The van der Waals surface area contributed by atoms with Gasteiger partial charge in [-0.2, -0.15) is 19.0 Å². The number of rotatable bonds is 27. The number of halogens is 5. The molecule has 1 saturated carbocycles. The van der Waals surface area contributed by atoms with Crippen LogP contribution in [0.3, 0.4) is 0 Å². The lowest BCUT2D eigenvalue weighted by Crippen LogP contribution is -2.59. The third-order valence-corrected chi connectivity index (χ3v) is 18.0. The van der Waals surface area contributed by atoms with E-state index in [0.29, 0.717) is 62.6 Å². The van der Waals surface area contributed by atoms with Gasteiger partial charge in [-0.05, 0) is 103 Å². The minimum atomic E-state index is -5.10. The summed E-state index contributed by atoms with van der Waals surface area (Å²) in [5, 5.41) is 12.5. The standard InChI is InChI=1S/C59H67F4IN12O8S2/c1-35-51(85-34-67-35)37-14-15-38(29-69-76(80)47-28-42(77)33-75(47)54(78)52(57(2,3)4)70-55(79)59(63)22-23-59)45(27-37)83-25-13-11-9-7-8-10-12-24-74-32-39(30-68-74)43-31-66-53(65)48-49(71-73(6)50(43)48)36-16-21-44(72-86(81,82)56(61)62)46(26-36)84-58(5,64)40-17-19-41(60)20-18-40/h14-21,26-27,30-32,34,47,52,56H,7-13,22-25,28-29,33H2,1-6H3,(H4-,65,66,69,70,71,72,79,80)/p+1/t47-,52-,58-/m1/s1. The number of aryl methyl sites for hydroxylation is 3. The molecule has 3 aromatic carbocycles. The maximum atomic E-state index is 14.7. The monoisotopic (exact) mass is 1340 g/mol. The molecule has 1 saturated heterocycles. The molecule has 9 rings (SSSR count). The molecular weight excluding hydrogens is 1270 g/mol. The van der Waals surface area contributed by atoms with Crippen molar-refractivity contribution in [3.8, 4) is 44.3 Å². The smallest absolute Gasteiger partial charge is 0.355 e. The van der Waals surface area contributed by atoms with Crippen molar-refractivity contribution in [2.24, 2.45) is 12.5 Å². The highest BCUT2D eigenvalue weighted by Gasteiger charge is 2.54. The van der Waals surface area contributed by atoms with Gasteiger partial charge in [0.05, 0.1) is 63.3 Å². The second-order valence-corrected chi connectivity index (χ2v) is 27.5. The number of nitrogens with zero attached hydrogens (tertiary/aromatic N) is 8. The fraction of sp³-hybridized carbons (Fsp3) is 0.441. The van der Waals surface area contributed by atoms with E-state index in [9.17, 15) is 45.3 Å². The van der Waals surface area contributed by atoms with Crippen LogP contribution in [0.4, 0.5) is 29.1 Å². The van der Waals surface area contributed by atoms with Crippen LogP contribution in [-0.2, 0) is 48.2 Å². The van der Waals surface area contributed by atoms with Crippen LogP contribution in [0.25, 0.3) is 43.7 Å². The number of nitroso groups, excluding NO2 is 1. The molecule has 458 valence electrons. The average molecular weight is 1340 g/mol. The number of hydrogen-bond donors (Lipinski definition) is 4. The number of ketones is 1. The number of anilines is 2. The van der Waals surface area contributed by atoms with E-state index in [1.165, 1.54) is 53.8 Å². The Labute approximate surface area is 512 Å². The van der Waals surface area contributed by atoms with Crippen LogP contribution in [0, 0.1) is 23.1 Å². The number of sulfonamides is 1. The lowest BCUT2D eigenvalue weighted by molar-refractivity contribution is -0.656. The van der Waals surface area contributed by atoms with Crippen molar-refractivity contribution in [2.45, 2.75) is 139 Å². The van der Waals surface area contributed by atoms with Crippen LogP contribution in [0.2, 0.25) is 0 Å². The number of aromatic nitrogens is 6. The Bertz CT molecular complexity index is 3770. The molecule has 3 atom stereocenters. The topological polar surface area (TPSA) is 251 Å². The number of fused-ring (bicyclic) bond motifs is 1. The molecule has 1 aliphatic heterocycles. The van der Waals surface area contributed by atoms with Gasteiger partial charge in [-0.25, -0.2) is 27.2 Å². The Kier molecular flexibility index (Phi) is 19.1. The van der Waals surface area contributed by atoms with Crippen molar-refractivity contribution in [3.05, 3.63) is 112 Å². The van der Waals surface area contributed by atoms with Crippen LogP contribution in [0.15, 0.2) is 84.8 Å². The molecule has 1 aliphatic carbocycles. The third kappa shape index (κ3) is 14.6. The fourth-order valence-electron chi connectivity index (χ4n) is 10.2. The van der Waals surface area contributed by atoms with Crippen molar-refractivity contribution in [3.63, 3.8) is 0 Å². The first-order valence-electron chi connectivity index (χ1n) is 28.1. The van der Waals surface area contributed by atoms with E-state index in [1.54, 1.807) is 57.3 Å². The lowest BCUT2D eigenvalue weighted by Gasteiger charge is -2.33. The van der Waals surface area contributed by atoms with Crippen molar-refractivity contribution in [2.75, 3.05) is 23.6 Å². The number of amides is 2. The van der Waals surface area contributed by atoms with E-state index < -0.39 is 60.3 Å². The van der Waals surface area contributed by atoms with Gasteiger partial charge >= 0.3 is 11.9 Å². The van der Waals surface area contributed by atoms with Crippen molar-refractivity contribution >= 4 is 84.0 Å². The average Bonchev–Trinajstić information content (AvgIpc) is 1.63. The van der Waals surface area contributed by atoms with Gasteiger partial charge in [0.25, 0.3) is 21.8 Å². The van der Waals surface area contributed by atoms with E-state index in [2.05, 4.69) is 25.8 Å². The summed E-state index contributed by atoms with van der Waals surface area (Å²) in [7, 11) is -3.36. The SMILES string of the molecule is Cc1ncsc1-c1ccc(CN[N+](=O)[C@@H]2CC(=O)CN2C(=O)[C@@H](NC(=O)C2(F)CC2)C(C)(C)C)c(OCCCCCCCCCn2cc(-c3cnc(N)c4c(-c5ccc(NS(=O)(=O)C(F)F)c(O[C@@](C)(I)c6ccc(F)cc6)c5)nn(C)c34)cn2)c1. The summed E-state index contributed by atoms with van der Waals surface area (Å²) in [4.78, 5) is 64.7. The molecule has 5 N–H and O–H groups in total. The Morgan fingerprint density at radius 1 is 0.942 bits per heavy atom. The number of hydrazine groups is 1. The second kappa shape index (κ2) is 26.0. The number of likely N-dealkylation sites (tertiary alicyclic amines) is 1. The summed E-state index contributed by atoms with van der Waals surface area (Å²) in [5.41, 5.74) is 13.9. The number of alkyl halides is 4. The number of nitrogens with one attached hydrogen (secondary N) is 3. The highest BCUT2D eigenvalue weighted by Crippen LogP contribution is 2.44. The molecule has 0 radical (unpaired) electrons. The third-order valence-electron chi connectivity index (χ3n) is 15.2. The molecule has 5 heterocycles. The summed E-state index contributed by atoms with van der Waals surface area (Å²) < 4.78 is 97.4. The van der Waals surface area contributed by atoms with E-state index in [-0.39, 0.29) is 55.4 Å². The molecule has 0 bridgehead atoms. The minimum Gasteiger partial charge on any atom is -0.493 e. The van der Waals surface area contributed by atoms with Gasteiger partial charge < -0.3 is 20.5 Å². The molecule has 7 aromatic rings. The highest BCUT2D eigenvalue weighted by molar-refractivity contribution is 14.1. The molecular formula is C59H68F4IN12O8S2+. The number of thiazole rings is 1. The molecule has 86 heavy (non-hydrogen) atoms. The first-order valence-corrected chi connectivity index (χ1v) is 31.6. The number of Topliss-reactive ketones (excluding diaryl/α,β-unsaturated/α-hetero) is 1. The quantitative estimate of drug-likeness (QED) is 0.00934. The van der Waals surface area contributed by atoms with E-state index in [1.807, 2.05) is 63.3 Å². The minimum absolute atomic E-state index is 0.0230. The molecule has 2 amide bonds. The van der Waals surface area contributed by atoms with E-state index in [4.69, 9.17) is 20.3 Å². The normalized spacial score (nSPS) is 16.1. The van der Waals surface area contributed by atoms with Gasteiger partial charge in [0.2, 0.25) is 0 Å². The zero-order valence-electron chi connectivity index (χ0n) is 48.3. The Hall–Kier alpha value is -7.27. The van der Waals surface area contributed by atoms with Gasteiger partial charge in [0.1, 0.15) is 46.3 Å². The van der Waals surface area contributed by atoms with Gasteiger partial charge in [0, 0.05) is 53.8 Å². The van der Waals surface area contributed by atoms with E-state index in [0.717, 1.165) is 71.5 Å². The number of nitrogen functional groups attached to an aromatic ring is 1. The molecule has 27 heteroatoms. The van der Waals surface area contributed by atoms with E-state index >= 15 is 0 Å². The number of carbonyl (C=O) groups excluding carboxylic acids is 3. The Morgan fingerprint density at radius 2 is 1.63 bits per heavy atom. The summed E-state index contributed by atoms with van der Waals surface area (Å²) in [5.74, 6) is -5.38. The maximum absolute atomic E-state index is 14.7. The number of ether oxygens (including phenoxy) is 2. The lowest BCUT2D eigenvalue weighted by atomic mass is 9.85. The second-order valence-electron chi connectivity index (χ2n) is 22.9. The van der Waals surface area contributed by atoms with Gasteiger partial charge in [-0.15, -0.1) is 16.8 Å². The first kappa shape index (κ1) is 63.2. The largest absolute Gasteiger partial charge is 0.493 e. The van der Waals surface area contributed by atoms with Crippen LogP contribution in [0.5, 0.6) is 11.5 Å². The number of nitrogens with two attached hydrogens (primary N) is 1. The Balaban J connectivity index is 0.775. The highest BCUT2D eigenvalue weighted by atomic mass is 127. The predicted molar refractivity (Wildman–Crippen MR) is 327 cm³/mol. The zero-order valence-corrected chi connectivity index (χ0v) is 52.1. The van der Waals surface area contributed by atoms with Crippen LogP contribution in [0.1, 0.15) is 109 Å². The fourth-order valence-corrected chi connectivity index (χ4v) is 12.2. The molecule has 20 nitrogen and oxygen atoms in total. The number of carbonyl (C=O) groups is 3. The Morgan fingerprint density at radius 3 is 2.30 bits per heavy atom. The summed E-state index contributed by atoms with van der Waals surface area (Å²) in [6, 6.07) is 14.3. The molecule has 2 aliphatic rings. The predicted octanol–water partition coefficient (Wildman–Crippen LogP) is 11.1. The number of benzene rings is 3. The number of hydrogen-bond acceptors (Lipinski definition) is 14. The van der Waals surface area contributed by atoms with Crippen LogP contribution >= 0.6 is 33.9 Å². The molecule has 2 fully saturated rings. The number of pyridine rings is 1. The summed E-state index contributed by atoms with van der Waals surface area (Å²) in [6.45, 7) is 9.57. The maximum Gasteiger partial charge on any atom is 0.355 e. The van der Waals surface area contributed by atoms with Crippen LogP contribution in [-0.4, -0.2) is 102 Å². The van der Waals surface area contributed by atoms with Gasteiger partial charge in [-0.3, -0.25) is 33.4 Å². The zero-order chi connectivity index (χ0) is 61.9. The van der Waals surface area contributed by atoms with Crippen molar-refractivity contribution in [1.29, 1.82) is 0 Å². The molecule has 0 spiro atoms. The number of unbranched alkanes of at least 4 members (excludes halogenated alkanes) is 6. The summed E-state index contributed by atoms with van der Waals surface area (Å²) in [6.07, 6.45) is 10.7.